The monoisotopic (exact) mass is 450 g/mol. The molecule has 0 bridgehead atoms. The van der Waals surface area contributed by atoms with E-state index in [1.165, 1.54) is 12.1 Å². The highest BCUT2D eigenvalue weighted by atomic mass is 19.1. The number of aromatic amines is 1. The first-order valence-corrected chi connectivity index (χ1v) is 10.9. The predicted octanol–water partition coefficient (Wildman–Crippen LogP) is 5.29. The third-order valence-electron chi connectivity index (χ3n) is 6.21. The lowest BCUT2D eigenvalue weighted by Gasteiger charge is -2.27. The Morgan fingerprint density at radius 1 is 1.03 bits per heavy atom. The number of nitrogens with one attached hydrogen (secondary N) is 2. The number of H-pyrrole nitrogens is 1. The standard InChI is InChI=1S/C25H24F2N4O2/c1-33-22-5-3-2-4-18(22)23-19-10-15(13-28-25(19)31-30-23)14-11-20(26)24(21(27)12-14)29-16-6-8-17(32)9-7-16/h2-5,10-13,16-17,29,32H,6-9H2,1H3,(H,28,30,31). The molecule has 2 aromatic carbocycles. The molecule has 0 aliphatic heterocycles. The average Bonchev–Trinajstić information content (AvgIpc) is 3.25. The summed E-state index contributed by atoms with van der Waals surface area (Å²) < 4.78 is 35.3. The molecule has 8 heteroatoms. The number of pyridine rings is 1. The smallest absolute Gasteiger partial charge is 0.181 e. The van der Waals surface area contributed by atoms with Gasteiger partial charge in [0, 0.05) is 28.8 Å². The summed E-state index contributed by atoms with van der Waals surface area (Å²) in [6, 6.07) is 11.9. The highest BCUT2D eigenvalue weighted by Gasteiger charge is 2.22. The van der Waals surface area contributed by atoms with Gasteiger partial charge in [0.05, 0.1) is 18.9 Å². The van der Waals surface area contributed by atoms with Crippen LogP contribution < -0.4 is 10.1 Å². The van der Waals surface area contributed by atoms with Gasteiger partial charge in [0.1, 0.15) is 23.1 Å². The summed E-state index contributed by atoms with van der Waals surface area (Å²) in [5.41, 5.74) is 2.86. The molecule has 1 aliphatic carbocycles. The Labute approximate surface area is 189 Å². The van der Waals surface area contributed by atoms with Crippen LogP contribution in [0.3, 0.4) is 0 Å². The Morgan fingerprint density at radius 3 is 2.48 bits per heavy atom. The van der Waals surface area contributed by atoms with Crippen LogP contribution in [0, 0.1) is 11.6 Å². The van der Waals surface area contributed by atoms with E-state index >= 15 is 0 Å². The maximum Gasteiger partial charge on any atom is 0.181 e. The van der Waals surface area contributed by atoms with E-state index in [1.54, 1.807) is 13.3 Å². The number of halogens is 2. The number of rotatable bonds is 5. The summed E-state index contributed by atoms with van der Waals surface area (Å²) in [5, 5.41) is 20.6. The second-order valence-electron chi connectivity index (χ2n) is 8.36. The van der Waals surface area contributed by atoms with Crippen LogP contribution in [0.5, 0.6) is 5.75 Å². The van der Waals surface area contributed by atoms with Crippen molar-refractivity contribution in [2.75, 3.05) is 12.4 Å². The molecule has 5 rings (SSSR count). The number of ether oxygens (including phenoxy) is 1. The lowest BCUT2D eigenvalue weighted by molar-refractivity contribution is 0.126. The lowest BCUT2D eigenvalue weighted by Crippen LogP contribution is -2.28. The third kappa shape index (κ3) is 4.14. The van der Waals surface area contributed by atoms with E-state index in [1.807, 2.05) is 30.3 Å². The van der Waals surface area contributed by atoms with Crippen LogP contribution in [0.25, 0.3) is 33.4 Å². The fourth-order valence-corrected chi connectivity index (χ4v) is 4.42. The minimum Gasteiger partial charge on any atom is -0.496 e. The molecular weight excluding hydrogens is 426 g/mol. The topological polar surface area (TPSA) is 83.1 Å². The van der Waals surface area contributed by atoms with Crippen LogP contribution in [-0.2, 0) is 0 Å². The largest absolute Gasteiger partial charge is 0.496 e. The van der Waals surface area contributed by atoms with Crippen molar-refractivity contribution in [3.05, 3.63) is 60.3 Å². The van der Waals surface area contributed by atoms with Gasteiger partial charge in [-0.15, -0.1) is 0 Å². The van der Waals surface area contributed by atoms with E-state index in [0.717, 1.165) is 16.6 Å². The number of aliphatic hydroxyl groups is 1. The lowest BCUT2D eigenvalue weighted by atomic mass is 9.93. The zero-order valence-corrected chi connectivity index (χ0v) is 18.1. The van der Waals surface area contributed by atoms with Gasteiger partial charge in [-0.25, -0.2) is 13.8 Å². The summed E-state index contributed by atoms with van der Waals surface area (Å²) in [5.74, 6) is -0.641. The molecule has 0 radical (unpaired) electrons. The van der Waals surface area contributed by atoms with Crippen molar-refractivity contribution in [1.29, 1.82) is 0 Å². The molecule has 33 heavy (non-hydrogen) atoms. The molecule has 1 aliphatic rings. The highest BCUT2D eigenvalue weighted by molar-refractivity contribution is 5.94. The van der Waals surface area contributed by atoms with Crippen molar-refractivity contribution < 1.29 is 18.6 Å². The number of benzene rings is 2. The molecule has 0 amide bonds. The molecule has 3 N–H and O–H groups in total. The number of methoxy groups -OCH3 is 1. The molecule has 0 saturated heterocycles. The molecule has 4 aromatic rings. The SMILES string of the molecule is COc1ccccc1-c1[nH]nc2ncc(-c3cc(F)c(NC4CCC(O)CC4)c(F)c3)cc12. The van der Waals surface area contributed by atoms with E-state index in [9.17, 15) is 13.9 Å². The molecule has 2 aromatic heterocycles. The van der Waals surface area contributed by atoms with Gasteiger partial charge in [-0.05, 0) is 61.6 Å². The fourth-order valence-electron chi connectivity index (χ4n) is 4.42. The summed E-state index contributed by atoms with van der Waals surface area (Å²) in [4.78, 5) is 4.37. The summed E-state index contributed by atoms with van der Waals surface area (Å²) in [7, 11) is 1.59. The van der Waals surface area contributed by atoms with E-state index in [2.05, 4.69) is 20.5 Å². The van der Waals surface area contributed by atoms with E-state index in [4.69, 9.17) is 4.74 Å². The Kier molecular flexibility index (Phi) is 5.68. The van der Waals surface area contributed by atoms with Gasteiger partial charge in [-0.1, -0.05) is 12.1 Å². The molecule has 1 saturated carbocycles. The Hall–Kier alpha value is -3.52. The Morgan fingerprint density at radius 2 is 1.76 bits per heavy atom. The summed E-state index contributed by atoms with van der Waals surface area (Å²) in [6.07, 6.45) is 3.84. The molecular formula is C25H24F2N4O2. The zero-order valence-electron chi connectivity index (χ0n) is 18.1. The van der Waals surface area contributed by atoms with E-state index in [0.29, 0.717) is 48.2 Å². The number of hydrogen-bond acceptors (Lipinski definition) is 5. The van der Waals surface area contributed by atoms with Crippen LogP contribution in [0.2, 0.25) is 0 Å². The van der Waals surface area contributed by atoms with Crippen LogP contribution >= 0.6 is 0 Å². The molecule has 6 nitrogen and oxygen atoms in total. The van der Waals surface area contributed by atoms with Gasteiger partial charge >= 0.3 is 0 Å². The van der Waals surface area contributed by atoms with Crippen LogP contribution in [0.15, 0.2) is 48.7 Å². The maximum atomic E-state index is 14.9. The number of aromatic nitrogens is 3. The number of nitrogens with zero attached hydrogens (tertiary/aromatic N) is 2. The molecule has 1 fully saturated rings. The molecule has 2 heterocycles. The number of fused-ring (bicyclic) bond motifs is 1. The van der Waals surface area contributed by atoms with E-state index < -0.39 is 11.6 Å². The molecule has 170 valence electrons. The van der Waals surface area contributed by atoms with E-state index in [-0.39, 0.29) is 17.8 Å². The fraction of sp³-hybridized carbons (Fsp3) is 0.280. The predicted molar refractivity (Wildman–Crippen MR) is 123 cm³/mol. The normalized spacial score (nSPS) is 18.4. The van der Waals surface area contributed by atoms with Gasteiger partial charge in [0.15, 0.2) is 5.65 Å². The first-order chi connectivity index (χ1) is 16.0. The first kappa shape index (κ1) is 21.3. The van der Waals surface area contributed by atoms with Gasteiger partial charge < -0.3 is 15.2 Å². The van der Waals surface area contributed by atoms with Crippen molar-refractivity contribution in [1.82, 2.24) is 15.2 Å². The average molecular weight is 450 g/mol. The molecule has 0 atom stereocenters. The van der Waals surface area contributed by atoms with Crippen molar-refractivity contribution >= 4 is 16.7 Å². The number of hydrogen-bond donors (Lipinski definition) is 3. The van der Waals surface area contributed by atoms with Gasteiger partial charge in [-0.2, -0.15) is 5.10 Å². The summed E-state index contributed by atoms with van der Waals surface area (Å²) in [6.45, 7) is 0. The van der Waals surface area contributed by atoms with Gasteiger partial charge in [-0.3, -0.25) is 5.10 Å². The third-order valence-corrected chi connectivity index (χ3v) is 6.21. The number of anilines is 1. The van der Waals surface area contributed by atoms with Crippen LogP contribution in [-0.4, -0.2) is 39.5 Å². The van der Waals surface area contributed by atoms with Crippen LogP contribution in [0.1, 0.15) is 25.7 Å². The van der Waals surface area contributed by atoms with Gasteiger partial charge in [0.2, 0.25) is 0 Å². The second-order valence-corrected chi connectivity index (χ2v) is 8.36. The molecule has 0 unspecified atom stereocenters. The number of aliphatic hydroxyl groups excluding tert-OH is 1. The van der Waals surface area contributed by atoms with Crippen molar-refractivity contribution in [2.45, 2.75) is 37.8 Å². The first-order valence-electron chi connectivity index (χ1n) is 10.9. The maximum absolute atomic E-state index is 14.9. The van der Waals surface area contributed by atoms with Crippen LogP contribution in [0.4, 0.5) is 14.5 Å². The van der Waals surface area contributed by atoms with Crippen molar-refractivity contribution in [3.63, 3.8) is 0 Å². The zero-order chi connectivity index (χ0) is 22.9. The summed E-state index contributed by atoms with van der Waals surface area (Å²) >= 11 is 0. The Balaban J connectivity index is 1.49. The second kappa shape index (κ2) is 8.78. The highest BCUT2D eigenvalue weighted by Crippen LogP contribution is 2.35. The van der Waals surface area contributed by atoms with Crippen molar-refractivity contribution in [3.8, 4) is 28.1 Å². The molecule has 0 spiro atoms. The quantitative estimate of drug-likeness (QED) is 0.385. The Bertz CT molecular complexity index is 1280. The van der Waals surface area contributed by atoms with Gasteiger partial charge in [0.25, 0.3) is 0 Å². The van der Waals surface area contributed by atoms with Crippen molar-refractivity contribution in [2.24, 2.45) is 0 Å². The number of para-hydroxylation sites is 1. The minimum absolute atomic E-state index is 0.0596. The minimum atomic E-state index is -0.659.